The van der Waals surface area contributed by atoms with Crippen molar-refractivity contribution < 1.29 is 23.7 Å². The largest absolute Gasteiger partial charge is 0.504 e. The summed E-state index contributed by atoms with van der Waals surface area (Å²) in [7, 11) is -1.45. The molecule has 1 aromatic carbocycles. The lowest BCUT2D eigenvalue weighted by Gasteiger charge is -2.24. The Morgan fingerprint density at radius 3 is 2.62 bits per heavy atom. The third-order valence-corrected chi connectivity index (χ3v) is 7.28. The molecule has 1 saturated heterocycles. The van der Waals surface area contributed by atoms with Crippen LogP contribution in [0, 0.1) is 13.8 Å². The minimum absolute atomic E-state index is 0.0270. The number of hydrogen-bond acceptors (Lipinski definition) is 7. The zero-order valence-electron chi connectivity index (χ0n) is 15.1. The van der Waals surface area contributed by atoms with Crippen molar-refractivity contribution in [3.8, 4) is 17.5 Å². The highest BCUT2D eigenvalue weighted by Crippen LogP contribution is 2.63. The van der Waals surface area contributed by atoms with E-state index in [1.54, 1.807) is 12.1 Å². The molecule has 1 fully saturated rings. The van der Waals surface area contributed by atoms with Crippen LogP contribution in [0.25, 0.3) is 0 Å². The van der Waals surface area contributed by atoms with Crippen molar-refractivity contribution in [2.75, 3.05) is 26.5 Å². The summed E-state index contributed by atoms with van der Waals surface area (Å²) in [6.45, 7) is 4.33. The predicted molar refractivity (Wildman–Crippen MR) is 97.4 cm³/mol. The van der Waals surface area contributed by atoms with Gasteiger partial charge in [-0.05, 0) is 44.0 Å². The van der Waals surface area contributed by atoms with Gasteiger partial charge in [-0.1, -0.05) is 6.07 Å². The van der Waals surface area contributed by atoms with Crippen LogP contribution < -0.4 is 9.47 Å². The minimum Gasteiger partial charge on any atom is -0.504 e. The van der Waals surface area contributed by atoms with Crippen molar-refractivity contribution in [3.63, 3.8) is 0 Å². The minimum atomic E-state index is -2.93. The molecule has 0 radical (unpaired) electrons. The zero-order valence-corrected chi connectivity index (χ0v) is 16.0. The van der Waals surface area contributed by atoms with E-state index < -0.39 is 13.0 Å². The molecule has 1 aliphatic rings. The van der Waals surface area contributed by atoms with E-state index in [-0.39, 0.29) is 18.4 Å². The molecule has 1 aromatic heterocycles. The maximum Gasteiger partial charge on any atom is 0.316 e. The second-order valence-corrected chi connectivity index (χ2v) is 9.11. The molecule has 2 unspecified atom stereocenters. The summed E-state index contributed by atoms with van der Waals surface area (Å²) >= 11 is 0. The van der Waals surface area contributed by atoms with Gasteiger partial charge in [0.15, 0.2) is 11.5 Å². The smallest absolute Gasteiger partial charge is 0.316 e. The molecule has 2 heterocycles. The highest BCUT2D eigenvalue weighted by molar-refractivity contribution is 7.59. The average molecular weight is 378 g/mol. The van der Waals surface area contributed by atoms with E-state index in [0.717, 1.165) is 23.4 Å². The third kappa shape index (κ3) is 4.00. The normalized spacial score (nSPS) is 20.7. The van der Waals surface area contributed by atoms with E-state index in [2.05, 4.69) is 9.97 Å². The topological polar surface area (TPSA) is 90.8 Å². The van der Waals surface area contributed by atoms with Crippen LogP contribution in [0.1, 0.15) is 29.0 Å². The molecule has 1 aliphatic heterocycles. The Labute approximate surface area is 152 Å². The predicted octanol–water partition coefficient (Wildman–Crippen LogP) is 3.63. The number of phenols is 1. The van der Waals surface area contributed by atoms with Gasteiger partial charge in [0.05, 0.1) is 19.4 Å². The summed E-state index contributed by atoms with van der Waals surface area (Å²) in [5.41, 5.74) is 1.86. The fraction of sp³-hybridized carbons (Fsp3) is 0.444. The molecule has 2 aromatic rings. The average Bonchev–Trinajstić information content (AvgIpc) is 3.03. The second kappa shape index (κ2) is 7.64. The third-order valence-electron chi connectivity index (χ3n) is 4.32. The molecule has 2 atom stereocenters. The van der Waals surface area contributed by atoms with Gasteiger partial charge in [0.2, 0.25) is 7.37 Å². The Morgan fingerprint density at radius 2 is 2.00 bits per heavy atom. The van der Waals surface area contributed by atoms with Gasteiger partial charge in [-0.15, -0.1) is 0 Å². The molecule has 3 rings (SSSR count). The van der Waals surface area contributed by atoms with Crippen molar-refractivity contribution in [3.05, 3.63) is 41.2 Å². The highest BCUT2D eigenvalue weighted by Gasteiger charge is 2.39. The van der Waals surface area contributed by atoms with Crippen molar-refractivity contribution in [2.24, 2.45) is 0 Å². The van der Waals surface area contributed by atoms with Crippen LogP contribution in [-0.2, 0) is 9.09 Å². The summed E-state index contributed by atoms with van der Waals surface area (Å²) in [6.07, 6.45) is 1.25. The molecule has 7 nitrogen and oxygen atoms in total. The summed E-state index contributed by atoms with van der Waals surface area (Å²) in [6, 6.07) is 7.03. The number of rotatable bonds is 6. The first-order valence-corrected chi connectivity index (χ1v) is 10.3. The molecule has 0 bridgehead atoms. The molecular weight excluding hydrogens is 355 g/mol. The maximum atomic E-state index is 13.3. The van der Waals surface area contributed by atoms with E-state index >= 15 is 0 Å². The number of ether oxygens (including phenoxy) is 2. The number of aromatic nitrogens is 2. The fourth-order valence-electron chi connectivity index (χ4n) is 3.06. The Morgan fingerprint density at radius 1 is 1.27 bits per heavy atom. The molecule has 26 heavy (non-hydrogen) atoms. The van der Waals surface area contributed by atoms with Gasteiger partial charge in [-0.2, -0.15) is 0 Å². The van der Waals surface area contributed by atoms with Crippen LogP contribution >= 0.6 is 7.37 Å². The van der Waals surface area contributed by atoms with Crippen LogP contribution in [0.4, 0.5) is 0 Å². The standard InChI is InChI=1S/C18H23N2O5P/c1-12-9-13(2)20-18(19-12)24-11-17(26(22)8-4-7-25-26)14-5-6-15(21)16(10-14)23-3/h5-6,9-10,17,21H,4,7-8,11H2,1-3H3. The molecule has 8 heteroatoms. The Hall–Kier alpha value is -2.11. The van der Waals surface area contributed by atoms with Gasteiger partial charge in [-0.25, -0.2) is 9.97 Å². The Balaban J connectivity index is 1.90. The number of hydrogen-bond donors (Lipinski definition) is 1. The first-order chi connectivity index (χ1) is 12.4. The molecule has 0 spiro atoms. The zero-order chi connectivity index (χ0) is 18.7. The first-order valence-electron chi connectivity index (χ1n) is 8.46. The fourth-order valence-corrected chi connectivity index (χ4v) is 5.61. The summed E-state index contributed by atoms with van der Waals surface area (Å²) in [5, 5.41) is 9.84. The van der Waals surface area contributed by atoms with Gasteiger partial charge in [0.1, 0.15) is 6.61 Å². The first kappa shape index (κ1) is 18.7. The van der Waals surface area contributed by atoms with Crippen LogP contribution in [0.5, 0.6) is 17.5 Å². The lowest BCUT2D eigenvalue weighted by atomic mass is 10.1. The highest BCUT2D eigenvalue weighted by atomic mass is 31.2. The number of benzene rings is 1. The van der Waals surface area contributed by atoms with Crippen molar-refractivity contribution in [1.29, 1.82) is 0 Å². The Bertz CT molecular complexity index is 812. The van der Waals surface area contributed by atoms with Gasteiger partial charge in [0.25, 0.3) is 0 Å². The van der Waals surface area contributed by atoms with Gasteiger partial charge in [-0.3, -0.25) is 4.57 Å². The number of methoxy groups -OCH3 is 1. The van der Waals surface area contributed by atoms with E-state index in [1.165, 1.54) is 13.2 Å². The molecule has 140 valence electrons. The van der Waals surface area contributed by atoms with Crippen LogP contribution in [0.15, 0.2) is 24.3 Å². The molecule has 0 saturated carbocycles. The van der Waals surface area contributed by atoms with E-state index in [0.29, 0.717) is 18.5 Å². The second-order valence-electron chi connectivity index (χ2n) is 6.33. The molecular formula is C18H23N2O5P. The quantitative estimate of drug-likeness (QED) is 0.768. The number of phenolic OH excluding ortho intramolecular Hbond substituents is 1. The summed E-state index contributed by atoms with van der Waals surface area (Å²) in [4.78, 5) is 8.54. The number of aromatic hydroxyl groups is 1. The molecule has 1 N–H and O–H groups in total. The number of nitrogens with zero attached hydrogens (tertiary/aromatic N) is 2. The van der Waals surface area contributed by atoms with E-state index in [9.17, 15) is 9.67 Å². The summed E-state index contributed by atoms with van der Waals surface area (Å²) in [5.74, 6) is 0.347. The van der Waals surface area contributed by atoms with Gasteiger partial charge < -0.3 is 19.1 Å². The lowest BCUT2D eigenvalue weighted by molar-refractivity contribution is 0.272. The van der Waals surface area contributed by atoms with E-state index in [1.807, 2.05) is 19.9 Å². The van der Waals surface area contributed by atoms with Crippen molar-refractivity contribution in [1.82, 2.24) is 9.97 Å². The monoisotopic (exact) mass is 378 g/mol. The van der Waals surface area contributed by atoms with Gasteiger partial charge in [0, 0.05) is 17.5 Å². The Kier molecular flexibility index (Phi) is 5.49. The molecule has 0 amide bonds. The van der Waals surface area contributed by atoms with Crippen LogP contribution in [0.3, 0.4) is 0 Å². The molecule has 0 aliphatic carbocycles. The number of aryl methyl sites for hydroxylation is 2. The van der Waals surface area contributed by atoms with Crippen molar-refractivity contribution in [2.45, 2.75) is 25.9 Å². The van der Waals surface area contributed by atoms with Gasteiger partial charge >= 0.3 is 6.01 Å². The lowest BCUT2D eigenvalue weighted by Crippen LogP contribution is -2.14. The van der Waals surface area contributed by atoms with Crippen LogP contribution in [0.2, 0.25) is 0 Å². The van der Waals surface area contributed by atoms with Crippen molar-refractivity contribution >= 4 is 7.37 Å². The van der Waals surface area contributed by atoms with Crippen LogP contribution in [-0.4, -0.2) is 41.6 Å². The SMILES string of the molecule is COc1cc(C(COc2nc(C)cc(C)n2)P2(=O)CCCO2)ccc1O. The summed E-state index contributed by atoms with van der Waals surface area (Å²) < 4.78 is 29.9. The van der Waals surface area contributed by atoms with E-state index in [4.69, 9.17) is 14.0 Å². The maximum absolute atomic E-state index is 13.3.